The maximum Gasteiger partial charge on any atom is 0.222 e. The van der Waals surface area contributed by atoms with Crippen molar-refractivity contribution in [1.82, 2.24) is 10.2 Å². The molecule has 0 spiro atoms. The van der Waals surface area contributed by atoms with E-state index in [-0.39, 0.29) is 17.6 Å². The molecule has 2 fully saturated rings. The molecule has 6 heteroatoms. The van der Waals surface area contributed by atoms with E-state index >= 15 is 0 Å². The Bertz CT molecular complexity index is 658. The monoisotopic (exact) mass is 348 g/mol. The third-order valence-electron chi connectivity index (χ3n) is 5.27. The van der Waals surface area contributed by atoms with Crippen LogP contribution in [-0.4, -0.2) is 42.5 Å². The number of halogens is 1. The van der Waals surface area contributed by atoms with Gasteiger partial charge >= 0.3 is 0 Å². The Morgan fingerprint density at radius 3 is 2.76 bits per heavy atom. The van der Waals surface area contributed by atoms with Crippen LogP contribution < -0.4 is 10.1 Å². The number of benzene rings is 1. The van der Waals surface area contributed by atoms with Gasteiger partial charge in [0.05, 0.1) is 7.11 Å². The second-order valence-corrected chi connectivity index (χ2v) is 7.06. The number of methoxy groups -OCH3 is 1. The molecular weight excluding hydrogens is 323 g/mol. The Kier molecular flexibility index (Phi) is 5.25. The SMILES string of the molecule is COc1cc(CC2(CCC(=O)N3CCCC3)CCC(=O)N2)ccc1F. The van der Waals surface area contributed by atoms with E-state index in [1.165, 1.54) is 13.2 Å². The number of hydrogen-bond acceptors (Lipinski definition) is 3. The van der Waals surface area contributed by atoms with Gasteiger partial charge in [0.25, 0.3) is 0 Å². The number of amides is 2. The Balaban J connectivity index is 1.70. The van der Waals surface area contributed by atoms with Gasteiger partial charge in [-0.1, -0.05) is 6.07 Å². The van der Waals surface area contributed by atoms with Gasteiger partial charge in [0.15, 0.2) is 11.6 Å². The number of nitrogens with one attached hydrogen (secondary N) is 1. The number of hydrogen-bond donors (Lipinski definition) is 1. The number of likely N-dealkylation sites (tertiary alicyclic amines) is 1. The highest BCUT2D eigenvalue weighted by Gasteiger charge is 2.38. The summed E-state index contributed by atoms with van der Waals surface area (Å²) in [6, 6.07) is 4.77. The quantitative estimate of drug-likeness (QED) is 0.859. The molecule has 3 rings (SSSR count). The second-order valence-electron chi connectivity index (χ2n) is 7.06. The molecular formula is C19H25FN2O3. The number of rotatable bonds is 6. The van der Waals surface area contributed by atoms with Crippen LogP contribution in [0.15, 0.2) is 18.2 Å². The molecule has 136 valence electrons. The van der Waals surface area contributed by atoms with E-state index in [1.807, 2.05) is 4.90 Å². The van der Waals surface area contributed by atoms with Crippen molar-refractivity contribution in [2.45, 2.75) is 50.5 Å². The van der Waals surface area contributed by atoms with Crippen molar-refractivity contribution in [1.29, 1.82) is 0 Å². The predicted molar refractivity (Wildman–Crippen MR) is 91.8 cm³/mol. The minimum absolute atomic E-state index is 0.0164. The predicted octanol–water partition coefficient (Wildman–Crippen LogP) is 2.43. The standard InChI is InChI=1S/C19H25FN2O3/c1-25-16-12-14(4-5-15(16)20)13-19(8-6-17(23)21-19)9-7-18(24)22-10-2-3-11-22/h4-5,12H,2-3,6-11,13H2,1H3,(H,21,23). The Labute approximate surface area is 147 Å². The van der Waals surface area contributed by atoms with E-state index in [0.29, 0.717) is 32.1 Å². The molecule has 0 aromatic heterocycles. The lowest BCUT2D eigenvalue weighted by molar-refractivity contribution is -0.130. The average Bonchev–Trinajstić information content (AvgIpc) is 3.25. The number of ether oxygens (including phenoxy) is 1. The van der Waals surface area contributed by atoms with E-state index < -0.39 is 11.4 Å². The van der Waals surface area contributed by atoms with E-state index in [9.17, 15) is 14.0 Å². The fraction of sp³-hybridized carbons (Fsp3) is 0.579. The van der Waals surface area contributed by atoms with Gasteiger partial charge in [0, 0.05) is 31.5 Å². The summed E-state index contributed by atoms with van der Waals surface area (Å²) in [7, 11) is 1.43. The second kappa shape index (κ2) is 7.42. The van der Waals surface area contributed by atoms with Crippen molar-refractivity contribution in [2.75, 3.05) is 20.2 Å². The van der Waals surface area contributed by atoms with Gasteiger partial charge in [0.2, 0.25) is 11.8 Å². The van der Waals surface area contributed by atoms with Crippen LogP contribution in [0.2, 0.25) is 0 Å². The molecule has 25 heavy (non-hydrogen) atoms. The molecule has 0 aliphatic carbocycles. The molecule has 1 N–H and O–H groups in total. The van der Waals surface area contributed by atoms with Crippen LogP contribution >= 0.6 is 0 Å². The summed E-state index contributed by atoms with van der Waals surface area (Å²) < 4.78 is 18.7. The maximum atomic E-state index is 13.6. The van der Waals surface area contributed by atoms with Crippen LogP contribution in [0, 0.1) is 5.82 Å². The summed E-state index contributed by atoms with van der Waals surface area (Å²) in [5, 5.41) is 3.07. The van der Waals surface area contributed by atoms with E-state index in [4.69, 9.17) is 4.74 Å². The summed E-state index contributed by atoms with van der Waals surface area (Å²) in [5.41, 5.74) is 0.462. The average molecular weight is 348 g/mol. The van der Waals surface area contributed by atoms with Gasteiger partial charge in [-0.3, -0.25) is 9.59 Å². The lowest BCUT2D eigenvalue weighted by Crippen LogP contribution is -2.44. The van der Waals surface area contributed by atoms with Crippen LogP contribution in [-0.2, 0) is 16.0 Å². The van der Waals surface area contributed by atoms with Gasteiger partial charge in [-0.2, -0.15) is 0 Å². The summed E-state index contributed by atoms with van der Waals surface area (Å²) in [4.78, 5) is 26.1. The highest BCUT2D eigenvalue weighted by molar-refractivity contribution is 5.80. The van der Waals surface area contributed by atoms with E-state index in [1.54, 1.807) is 12.1 Å². The van der Waals surface area contributed by atoms with Gasteiger partial charge in [-0.05, 0) is 49.8 Å². The van der Waals surface area contributed by atoms with Crippen LogP contribution in [0.1, 0.15) is 44.1 Å². The van der Waals surface area contributed by atoms with Gasteiger partial charge in [-0.25, -0.2) is 4.39 Å². The van der Waals surface area contributed by atoms with Crippen molar-refractivity contribution in [2.24, 2.45) is 0 Å². The molecule has 2 aliphatic rings. The summed E-state index contributed by atoms with van der Waals surface area (Å²) in [6.45, 7) is 1.68. The molecule has 1 atom stereocenters. The lowest BCUT2D eigenvalue weighted by atomic mass is 9.84. The van der Waals surface area contributed by atoms with Crippen molar-refractivity contribution >= 4 is 11.8 Å². The molecule has 1 aromatic rings. The smallest absolute Gasteiger partial charge is 0.222 e. The first-order chi connectivity index (χ1) is 12.0. The van der Waals surface area contributed by atoms with Gasteiger partial charge in [-0.15, -0.1) is 0 Å². The fourth-order valence-electron chi connectivity index (χ4n) is 3.86. The number of carbonyl (C=O) groups is 2. The van der Waals surface area contributed by atoms with Gasteiger partial charge in [0.1, 0.15) is 0 Å². The Morgan fingerprint density at radius 2 is 2.12 bits per heavy atom. The largest absolute Gasteiger partial charge is 0.494 e. The topological polar surface area (TPSA) is 58.6 Å². The minimum atomic E-state index is -0.435. The zero-order valence-corrected chi connectivity index (χ0v) is 14.6. The van der Waals surface area contributed by atoms with Gasteiger partial charge < -0.3 is 15.0 Å². The molecule has 2 aliphatic heterocycles. The molecule has 1 aromatic carbocycles. The molecule has 2 amide bonds. The molecule has 1 unspecified atom stereocenters. The van der Waals surface area contributed by atoms with Crippen LogP contribution in [0.4, 0.5) is 4.39 Å². The fourth-order valence-corrected chi connectivity index (χ4v) is 3.86. The van der Waals surface area contributed by atoms with Crippen molar-refractivity contribution in [3.05, 3.63) is 29.6 Å². The molecule has 0 radical (unpaired) electrons. The van der Waals surface area contributed by atoms with Crippen molar-refractivity contribution in [3.63, 3.8) is 0 Å². The van der Waals surface area contributed by atoms with Crippen molar-refractivity contribution in [3.8, 4) is 5.75 Å². The number of nitrogens with zero attached hydrogens (tertiary/aromatic N) is 1. The van der Waals surface area contributed by atoms with E-state index in [2.05, 4.69) is 5.32 Å². The third kappa shape index (κ3) is 4.11. The molecule has 2 heterocycles. The minimum Gasteiger partial charge on any atom is -0.494 e. The lowest BCUT2D eigenvalue weighted by Gasteiger charge is -2.30. The summed E-state index contributed by atoms with van der Waals surface area (Å²) in [6.07, 6.45) is 4.91. The Morgan fingerprint density at radius 1 is 1.36 bits per heavy atom. The molecule has 5 nitrogen and oxygen atoms in total. The zero-order chi connectivity index (χ0) is 17.9. The maximum absolute atomic E-state index is 13.6. The third-order valence-corrected chi connectivity index (χ3v) is 5.27. The summed E-state index contributed by atoms with van der Waals surface area (Å²) >= 11 is 0. The molecule has 0 bridgehead atoms. The Hall–Kier alpha value is -2.11. The van der Waals surface area contributed by atoms with Crippen LogP contribution in [0.3, 0.4) is 0 Å². The zero-order valence-electron chi connectivity index (χ0n) is 14.6. The first-order valence-corrected chi connectivity index (χ1v) is 8.93. The normalized spacial score (nSPS) is 23.0. The van der Waals surface area contributed by atoms with Crippen LogP contribution in [0.5, 0.6) is 5.75 Å². The molecule has 2 saturated heterocycles. The number of carbonyl (C=O) groups excluding carboxylic acids is 2. The first-order valence-electron chi connectivity index (χ1n) is 8.93. The van der Waals surface area contributed by atoms with E-state index in [0.717, 1.165) is 31.5 Å². The highest BCUT2D eigenvalue weighted by atomic mass is 19.1. The highest BCUT2D eigenvalue weighted by Crippen LogP contribution is 2.31. The molecule has 0 saturated carbocycles. The van der Waals surface area contributed by atoms with Crippen LogP contribution in [0.25, 0.3) is 0 Å². The summed E-state index contributed by atoms with van der Waals surface area (Å²) in [5.74, 6) is -0.0255. The first kappa shape index (κ1) is 17.7. The van der Waals surface area contributed by atoms with Crippen molar-refractivity contribution < 1.29 is 18.7 Å².